The summed E-state index contributed by atoms with van der Waals surface area (Å²) in [6, 6.07) is 16.1. The highest BCUT2D eigenvalue weighted by atomic mass is 32.1. The molecule has 4 aromatic rings. The number of unbranched alkanes of at least 4 members (excludes halogenated alkanes) is 1. The lowest BCUT2D eigenvalue weighted by atomic mass is 10.1. The van der Waals surface area contributed by atoms with Gasteiger partial charge in [0.15, 0.2) is 4.96 Å². The van der Waals surface area contributed by atoms with Gasteiger partial charge in [-0.15, -0.1) is 11.3 Å². The first-order valence-corrected chi connectivity index (χ1v) is 11.5. The summed E-state index contributed by atoms with van der Waals surface area (Å²) in [6.07, 6.45) is 6.60. The number of carbonyl (C=O) groups excluding carboxylic acids is 1. The van der Waals surface area contributed by atoms with E-state index in [-0.39, 0.29) is 5.91 Å². The van der Waals surface area contributed by atoms with E-state index < -0.39 is 0 Å². The summed E-state index contributed by atoms with van der Waals surface area (Å²) < 4.78 is 7.31. The molecule has 2 heterocycles. The van der Waals surface area contributed by atoms with Crippen molar-refractivity contribution in [3.8, 4) is 17.0 Å². The fourth-order valence-corrected chi connectivity index (χ4v) is 4.42. The lowest BCUT2D eigenvalue weighted by Crippen LogP contribution is -2.12. The smallest absolute Gasteiger partial charge is 0.224 e. The number of fused-ring (bicyclic) bond motifs is 1. The monoisotopic (exact) mass is 433 g/mol. The first-order valence-electron chi connectivity index (χ1n) is 10.6. The number of benzene rings is 2. The SMILES string of the molecule is CCCCc1ccc(NC(=O)CCc2csc3nc(-c4ccc(OC)cc4)cn23)cc1. The van der Waals surface area contributed by atoms with Crippen LogP contribution in [-0.4, -0.2) is 22.4 Å². The zero-order chi connectivity index (χ0) is 21.6. The number of anilines is 1. The summed E-state index contributed by atoms with van der Waals surface area (Å²) in [5, 5.41) is 5.08. The van der Waals surface area contributed by atoms with Crippen molar-refractivity contribution in [3.05, 3.63) is 71.4 Å². The van der Waals surface area contributed by atoms with Crippen LogP contribution in [-0.2, 0) is 17.6 Å². The second kappa shape index (κ2) is 9.79. The van der Waals surface area contributed by atoms with Crippen molar-refractivity contribution in [2.24, 2.45) is 0 Å². The Labute approximate surface area is 186 Å². The Kier molecular flexibility index (Phi) is 6.67. The van der Waals surface area contributed by atoms with Gasteiger partial charge in [-0.05, 0) is 61.2 Å². The molecule has 0 saturated carbocycles. The van der Waals surface area contributed by atoms with E-state index >= 15 is 0 Å². The van der Waals surface area contributed by atoms with E-state index in [1.165, 1.54) is 18.4 Å². The second-order valence-electron chi connectivity index (χ2n) is 7.58. The quantitative estimate of drug-likeness (QED) is 0.353. The van der Waals surface area contributed by atoms with Gasteiger partial charge in [-0.3, -0.25) is 9.20 Å². The molecule has 6 heteroatoms. The van der Waals surface area contributed by atoms with Crippen LogP contribution < -0.4 is 10.1 Å². The van der Waals surface area contributed by atoms with Crippen molar-refractivity contribution < 1.29 is 9.53 Å². The normalized spacial score (nSPS) is 11.0. The van der Waals surface area contributed by atoms with Gasteiger partial charge in [0.05, 0.1) is 12.8 Å². The lowest BCUT2D eigenvalue weighted by molar-refractivity contribution is -0.116. The molecule has 0 unspecified atom stereocenters. The number of hydrogen-bond donors (Lipinski definition) is 1. The molecule has 0 aliphatic rings. The zero-order valence-electron chi connectivity index (χ0n) is 17.9. The molecule has 0 aliphatic heterocycles. The molecule has 2 aromatic carbocycles. The maximum absolute atomic E-state index is 12.4. The van der Waals surface area contributed by atoms with Crippen LogP contribution in [0.1, 0.15) is 37.4 Å². The summed E-state index contributed by atoms with van der Waals surface area (Å²) in [4.78, 5) is 18.1. The Hall–Kier alpha value is -3.12. The van der Waals surface area contributed by atoms with E-state index in [2.05, 4.69) is 34.2 Å². The molecule has 0 atom stereocenters. The Morgan fingerprint density at radius 3 is 2.58 bits per heavy atom. The second-order valence-corrected chi connectivity index (χ2v) is 8.42. The van der Waals surface area contributed by atoms with Crippen molar-refractivity contribution in [3.63, 3.8) is 0 Å². The van der Waals surface area contributed by atoms with E-state index in [1.54, 1.807) is 18.4 Å². The summed E-state index contributed by atoms with van der Waals surface area (Å²) in [5.74, 6) is 0.850. The van der Waals surface area contributed by atoms with Gasteiger partial charge in [-0.25, -0.2) is 4.98 Å². The Balaban J connectivity index is 1.37. The van der Waals surface area contributed by atoms with Gasteiger partial charge in [0.2, 0.25) is 5.91 Å². The highest BCUT2D eigenvalue weighted by Crippen LogP contribution is 2.26. The fraction of sp³-hybridized carbons (Fsp3) is 0.280. The van der Waals surface area contributed by atoms with Gasteiger partial charge in [-0.1, -0.05) is 25.5 Å². The number of rotatable bonds is 9. The minimum atomic E-state index is 0.0242. The standard InChI is InChI=1S/C25H27N3O2S/c1-3-4-5-18-6-10-20(11-7-18)26-24(29)15-12-21-17-31-25-27-23(16-28(21)25)19-8-13-22(30-2)14-9-19/h6-11,13-14,16-17H,3-5,12,15H2,1-2H3,(H,26,29). The van der Waals surface area contributed by atoms with Gasteiger partial charge < -0.3 is 10.1 Å². The lowest BCUT2D eigenvalue weighted by Gasteiger charge is -2.06. The Morgan fingerprint density at radius 2 is 1.87 bits per heavy atom. The van der Waals surface area contributed by atoms with Crippen LogP contribution in [0.15, 0.2) is 60.1 Å². The van der Waals surface area contributed by atoms with Gasteiger partial charge in [-0.2, -0.15) is 0 Å². The van der Waals surface area contributed by atoms with E-state index in [0.717, 1.165) is 39.8 Å². The molecule has 2 aromatic heterocycles. The van der Waals surface area contributed by atoms with Crippen LogP contribution in [0.2, 0.25) is 0 Å². The number of imidazole rings is 1. The number of aromatic nitrogens is 2. The first-order chi connectivity index (χ1) is 15.2. The van der Waals surface area contributed by atoms with E-state index in [9.17, 15) is 4.79 Å². The number of hydrogen-bond acceptors (Lipinski definition) is 4. The molecule has 31 heavy (non-hydrogen) atoms. The van der Waals surface area contributed by atoms with E-state index in [0.29, 0.717) is 12.8 Å². The third-order valence-corrected chi connectivity index (χ3v) is 6.22. The molecular weight excluding hydrogens is 406 g/mol. The van der Waals surface area contributed by atoms with E-state index in [4.69, 9.17) is 9.72 Å². The third-order valence-electron chi connectivity index (χ3n) is 5.33. The Bertz CT molecular complexity index is 1140. The molecule has 0 aliphatic carbocycles. The van der Waals surface area contributed by atoms with Gasteiger partial charge in [0.25, 0.3) is 0 Å². The van der Waals surface area contributed by atoms with Crippen molar-refractivity contribution >= 4 is 27.9 Å². The highest BCUT2D eigenvalue weighted by molar-refractivity contribution is 7.15. The van der Waals surface area contributed by atoms with Crippen molar-refractivity contribution in [1.29, 1.82) is 0 Å². The number of amides is 1. The molecule has 4 rings (SSSR count). The summed E-state index contributed by atoms with van der Waals surface area (Å²) in [5.41, 5.74) is 5.22. The molecule has 1 N–H and O–H groups in total. The molecule has 5 nitrogen and oxygen atoms in total. The Morgan fingerprint density at radius 1 is 1.10 bits per heavy atom. The minimum absolute atomic E-state index is 0.0242. The molecule has 0 saturated heterocycles. The van der Waals surface area contributed by atoms with Crippen LogP contribution >= 0.6 is 11.3 Å². The van der Waals surface area contributed by atoms with Crippen molar-refractivity contribution in [2.45, 2.75) is 39.0 Å². The summed E-state index contributed by atoms with van der Waals surface area (Å²) in [6.45, 7) is 2.19. The van der Waals surface area contributed by atoms with Crippen molar-refractivity contribution in [1.82, 2.24) is 9.38 Å². The summed E-state index contributed by atoms with van der Waals surface area (Å²) >= 11 is 1.60. The minimum Gasteiger partial charge on any atom is -0.497 e. The van der Waals surface area contributed by atoms with Gasteiger partial charge in [0.1, 0.15) is 5.75 Å². The number of nitrogens with one attached hydrogen (secondary N) is 1. The molecular formula is C25H27N3O2S. The predicted octanol–water partition coefficient (Wildman–Crippen LogP) is 5.99. The third kappa shape index (κ3) is 5.14. The first kappa shape index (κ1) is 21.1. The number of aryl methyl sites for hydroxylation is 2. The fourth-order valence-electron chi connectivity index (χ4n) is 3.51. The number of ether oxygens (including phenoxy) is 1. The topological polar surface area (TPSA) is 55.6 Å². The molecule has 160 valence electrons. The number of nitrogens with zero attached hydrogens (tertiary/aromatic N) is 2. The van der Waals surface area contributed by atoms with E-state index in [1.807, 2.05) is 42.6 Å². The molecule has 0 spiro atoms. The van der Waals surface area contributed by atoms with Gasteiger partial charge >= 0.3 is 0 Å². The molecule has 1 amide bonds. The largest absolute Gasteiger partial charge is 0.497 e. The average molecular weight is 434 g/mol. The zero-order valence-corrected chi connectivity index (χ0v) is 18.7. The van der Waals surface area contributed by atoms with Crippen LogP contribution in [0, 0.1) is 0 Å². The number of thiazole rings is 1. The van der Waals surface area contributed by atoms with Crippen LogP contribution in [0.25, 0.3) is 16.2 Å². The number of methoxy groups -OCH3 is 1. The summed E-state index contributed by atoms with van der Waals surface area (Å²) in [7, 11) is 1.66. The van der Waals surface area contributed by atoms with Gasteiger partial charge in [0, 0.05) is 34.9 Å². The molecule has 0 radical (unpaired) electrons. The predicted molar refractivity (Wildman–Crippen MR) is 127 cm³/mol. The van der Waals surface area contributed by atoms with Crippen molar-refractivity contribution in [2.75, 3.05) is 12.4 Å². The van der Waals surface area contributed by atoms with Crippen LogP contribution in [0.3, 0.4) is 0 Å². The maximum atomic E-state index is 12.4. The maximum Gasteiger partial charge on any atom is 0.224 e. The molecule has 0 fully saturated rings. The molecule has 0 bridgehead atoms. The average Bonchev–Trinajstić information content (AvgIpc) is 3.38. The highest BCUT2D eigenvalue weighted by Gasteiger charge is 2.11. The number of carbonyl (C=O) groups is 1. The van der Waals surface area contributed by atoms with Crippen LogP contribution in [0.4, 0.5) is 5.69 Å². The van der Waals surface area contributed by atoms with Crippen LogP contribution in [0.5, 0.6) is 5.75 Å².